The zero-order valence-electron chi connectivity index (χ0n) is 18.4. The monoisotopic (exact) mass is 444 g/mol. The van der Waals surface area contributed by atoms with Gasteiger partial charge in [0.15, 0.2) is 0 Å². The minimum Gasteiger partial charge on any atom is -0.369 e. The highest BCUT2D eigenvalue weighted by Gasteiger charge is 2.24. The number of carbonyl (C=O) groups excluding carboxylic acids is 1. The zero-order chi connectivity index (χ0) is 22.9. The van der Waals surface area contributed by atoms with Gasteiger partial charge in [-0.2, -0.15) is 0 Å². The number of nitrogens with two attached hydrogens (primary N) is 1. The number of aromatic nitrogens is 2. The van der Waals surface area contributed by atoms with Crippen LogP contribution in [-0.4, -0.2) is 40.1 Å². The van der Waals surface area contributed by atoms with Gasteiger partial charge in [-0.15, -0.1) is 0 Å². The normalized spacial score (nSPS) is 16.8. The molecule has 1 aliphatic rings. The summed E-state index contributed by atoms with van der Waals surface area (Å²) in [5.74, 6) is -0.675. The second-order valence-corrected chi connectivity index (χ2v) is 8.44. The van der Waals surface area contributed by atoms with E-state index in [0.29, 0.717) is 18.7 Å². The zero-order valence-corrected chi connectivity index (χ0v) is 18.4. The first-order chi connectivity index (χ1) is 16.0. The quantitative estimate of drug-likeness (QED) is 0.504. The van der Waals surface area contributed by atoms with Gasteiger partial charge in [0.2, 0.25) is 5.91 Å². The molecule has 0 radical (unpaired) electrons. The van der Waals surface area contributed by atoms with Crippen molar-refractivity contribution in [1.82, 2.24) is 14.5 Å². The molecule has 6 nitrogen and oxygen atoms in total. The molecule has 2 aromatic heterocycles. The van der Waals surface area contributed by atoms with Crippen molar-refractivity contribution in [3.05, 3.63) is 89.6 Å². The second kappa shape index (κ2) is 8.77. The van der Waals surface area contributed by atoms with Crippen LogP contribution in [0.2, 0.25) is 0 Å². The Bertz CT molecular complexity index is 1320. The second-order valence-electron chi connectivity index (χ2n) is 8.44. The molecule has 33 heavy (non-hydrogen) atoms. The van der Waals surface area contributed by atoms with Crippen molar-refractivity contribution in [1.29, 1.82) is 0 Å². The first-order valence-corrected chi connectivity index (χ1v) is 10.9. The van der Waals surface area contributed by atoms with Crippen LogP contribution in [0.5, 0.6) is 0 Å². The van der Waals surface area contributed by atoms with Gasteiger partial charge in [-0.25, -0.2) is 4.39 Å². The highest BCUT2D eigenvalue weighted by Crippen LogP contribution is 2.27. The molecular formula is C26H25FN4O2. The Balaban J connectivity index is 1.32. The highest BCUT2D eigenvalue weighted by molar-refractivity contribution is 5.94. The van der Waals surface area contributed by atoms with E-state index in [1.807, 2.05) is 41.9 Å². The van der Waals surface area contributed by atoms with Crippen molar-refractivity contribution in [2.24, 2.45) is 12.8 Å². The van der Waals surface area contributed by atoms with Crippen molar-refractivity contribution in [2.45, 2.75) is 12.6 Å². The van der Waals surface area contributed by atoms with Gasteiger partial charge < -0.3 is 15.0 Å². The topological polar surface area (TPSA) is 73.4 Å². The molecule has 1 fully saturated rings. The van der Waals surface area contributed by atoms with Gasteiger partial charge in [-0.1, -0.05) is 18.2 Å². The number of rotatable bonds is 5. The van der Waals surface area contributed by atoms with Crippen LogP contribution in [-0.2, 0) is 18.3 Å². The van der Waals surface area contributed by atoms with E-state index in [-0.39, 0.29) is 11.9 Å². The van der Waals surface area contributed by atoms with Crippen LogP contribution in [0.4, 0.5) is 4.39 Å². The number of benzene rings is 2. The third kappa shape index (κ3) is 4.37. The lowest BCUT2D eigenvalue weighted by molar-refractivity contribution is -0.0348. The number of nitrogens with zero attached hydrogens (tertiary/aromatic N) is 3. The van der Waals surface area contributed by atoms with E-state index in [9.17, 15) is 9.18 Å². The lowest BCUT2D eigenvalue weighted by Gasteiger charge is -2.32. The summed E-state index contributed by atoms with van der Waals surface area (Å²) < 4.78 is 21.9. The van der Waals surface area contributed by atoms with Crippen LogP contribution in [0.15, 0.2) is 67.0 Å². The Kier molecular flexibility index (Phi) is 5.66. The summed E-state index contributed by atoms with van der Waals surface area (Å²) in [5, 5.41) is 0.946. The van der Waals surface area contributed by atoms with E-state index < -0.39 is 5.91 Å². The summed E-state index contributed by atoms with van der Waals surface area (Å²) in [4.78, 5) is 18.4. The summed E-state index contributed by atoms with van der Waals surface area (Å²) in [6, 6.07) is 16.1. The molecule has 1 amide bonds. The Morgan fingerprint density at radius 2 is 2.06 bits per heavy atom. The van der Waals surface area contributed by atoms with Gasteiger partial charge in [0.25, 0.3) is 0 Å². The minimum absolute atomic E-state index is 0.142. The molecule has 2 aromatic carbocycles. The number of primary amides is 1. The van der Waals surface area contributed by atoms with E-state index in [1.165, 1.54) is 6.07 Å². The van der Waals surface area contributed by atoms with Crippen molar-refractivity contribution in [3.63, 3.8) is 0 Å². The van der Waals surface area contributed by atoms with E-state index in [1.54, 1.807) is 24.4 Å². The lowest BCUT2D eigenvalue weighted by Crippen LogP contribution is -2.38. The molecule has 2 N–H and O–H groups in total. The summed E-state index contributed by atoms with van der Waals surface area (Å²) in [6.45, 7) is 2.84. The van der Waals surface area contributed by atoms with E-state index in [2.05, 4.69) is 16.1 Å². The molecule has 0 aliphatic carbocycles. The fourth-order valence-corrected chi connectivity index (χ4v) is 4.46. The van der Waals surface area contributed by atoms with Crippen molar-refractivity contribution in [2.75, 3.05) is 19.7 Å². The van der Waals surface area contributed by atoms with Crippen LogP contribution in [0.25, 0.3) is 22.0 Å². The molecular weight excluding hydrogens is 419 g/mol. The average molecular weight is 445 g/mol. The van der Waals surface area contributed by atoms with Crippen LogP contribution in [0, 0.1) is 5.82 Å². The van der Waals surface area contributed by atoms with Crippen LogP contribution < -0.4 is 5.73 Å². The van der Waals surface area contributed by atoms with Gasteiger partial charge in [-0.3, -0.25) is 14.7 Å². The lowest BCUT2D eigenvalue weighted by atomic mass is 10.0. The Hall–Kier alpha value is -3.55. The molecule has 1 unspecified atom stereocenters. The molecule has 5 rings (SSSR count). The number of ether oxygens (including phenoxy) is 1. The molecule has 0 bridgehead atoms. The Morgan fingerprint density at radius 3 is 2.85 bits per heavy atom. The predicted octanol–water partition coefficient (Wildman–Crippen LogP) is 4.05. The fourth-order valence-electron chi connectivity index (χ4n) is 4.46. The van der Waals surface area contributed by atoms with Gasteiger partial charge in [0, 0.05) is 61.1 Å². The predicted molar refractivity (Wildman–Crippen MR) is 125 cm³/mol. The number of aryl methyl sites for hydroxylation is 1. The van der Waals surface area contributed by atoms with Crippen LogP contribution >= 0.6 is 0 Å². The summed E-state index contributed by atoms with van der Waals surface area (Å²) in [7, 11) is 1.98. The number of fused-ring (bicyclic) bond motifs is 1. The van der Waals surface area contributed by atoms with Gasteiger partial charge >= 0.3 is 0 Å². The molecule has 1 aliphatic heterocycles. The molecule has 168 valence electrons. The fraction of sp³-hybridized carbons (Fsp3) is 0.231. The highest BCUT2D eigenvalue weighted by atomic mass is 19.1. The third-order valence-corrected chi connectivity index (χ3v) is 6.18. The van der Waals surface area contributed by atoms with E-state index in [0.717, 1.165) is 46.4 Å². The number of hydrogen-bond donors (Lipinski definition) is 1. The Labute approximate surface area is 191 Å². The van der Waals surface area contributed by atoms with E-state index >= 15 is 0 Å². The number of pyridine rings is 1. The maximum absolute atomic E-state index is 13.8. The van der Waals surface area contributed by atoms with Crippen LogP contribution in [0.1, 0.15) is 27.7 Å². The molecule has 1 saturated heterocycles. The summed E-state index contributed by atoms with van der Waals surface area (Å²) in [5.41, 5.74) is 10.6. The molecule has 7 heteroatoms. The van der Waals surface area contributed by atoms with Crippen molar-refractivity contribution >= 4 is 16.8 Å². The average Bonchev–Trinajstić information content (AvgIpc) is 3.13. The van der Waals surface area contributed by atoms with Gasteiger partial charge in [0.05, 0.1) is 12.3 Å². The van der Waals surface area contributed by atoms with Crippen molar-refractivity contribution < 1.29 is 13.9 Å². The standard InChI is InChI=1S/C26H25FN4O2/c1-30-14-20(22-12-21(27)6-8-24(22)30)15-31-9-10-33-25(16-31)23-7-5-19(13-29-23)17-3-2-4-18(11-17)26(28)32/h2-8,11-14,25H,9-10,15-16H2,1H3,(H2,28,32). The summed E-state index contributed by atoms with van der Waals surface area (Å²) in [6.07, 6.45) is 3.73. The number of morpholine rings is 1. The third-order valence-electron chi connectivity index (χ3n) is 6.18. The molecule has 1 atom stereocenters. The number of amides is 1. The molecule has 0 saturated carbocycles. The molecule has 4 aromatic rings. The van der Waals surface area contributed by atoms with E-state index in [4.69, 9.17) is 10.5 Å². The maximum atomic E-state index is 13.8. The smallest absolute Gasteiger partial charge is 0.248 e. The summed E-state index contributed by atoms with van der Waals surface area (Å²) >= 11 is 0. The number of halogens is 1. The first-order valence-electron chi connectivity index (χ1n) is 10.9. The van der Waals surface area contributed by atoms with Gasteiger partial charge in [0.1, 0.15) is 11.9 Å². The first kappa shape index (κ1) is 21.3. The Morgan fingerprint density at radius 1 is 1.18 bits per heavy atom. The SMILES string of the molecule is Cn1cc(CN2CCOC(c3ccc(-c4cccc(C(N)=O)c4)cn3)C2)c2cc(F)ccc21. The molecule has 0 spiro atoms. The largest absolute Gasteiger partial charge is 0.369 e. The maximum Gasteiger partial charge on any atom is 0.248 e. The van der Waals surface area contributed by atoms with Crippen molar-refractivity contribution in [3.8, 4) is 11.1 Å². The van der Waals surface area contributed by atoms with Gasteiger partial charge in [-0.05, 0) is 47.5 Å². The number of carbonyl (C=O) groups is 1. The number of hydrogen-bond acceptors (Lipinski definition) is 4. The van der Waals surface area contributed by atoms with Crippen LogP contribution in [0.3, 0.4) is 0 Å². The minimum atomic E-state index is -0.453. The molecule has 3 heterocycles.